The van der Waals surface area contributed by atoms with Gasteiger partial charge in [0.25, 0.3) is 5.91 Å². The molecule has 1 aliphatic rings. The fraction of sp³-hybridized carbons (Fsp3) is 0.400. The summed E-state index contributed by atoms with van der Waals surface area (Å²) >= 11 is 0. The molecule has 3 nitrogen and oxygen atoms in total. The summed E-state index contributed by atoms with van der Waals surface area (Å²) in [5, 5.41) is 11.4. The van der Waals surface area contributed by atoms with Crippen molar-refractivity contribution in [1.29, 1.82) is 0 Å². The van der Waals surface area contributed by atoms with E-state index in [0.29, 0.717) is 11.5 Å². The molecule has 1 unspecified atom stereocenters. The van der Waals surface area contributed by atoms with Gasteiger partial charge in [-0.2, -0.15) is 0 Å². The molecule has 0 bridgehead atoms. The summed E-state index contributed by atoms with van der Waals surface area (Å²) in [7, 11) is 0. The number of hydrogen-bond acceptors (Lipinski definition) is 2. The van der Waals surface area contributed by atoms with Crippen LogP contribution in [-0.4, -0.2) is 23.7 Å². The Kier molecular flexibility index (Phi) is 4.18. The van der Waals surface area contributed by atoms with Gasteiger partial charge < -0.3 is 10.4 Å². The van der Waals surface area contributed by atoms with Crippen LogP contribution < -0.4 is 5.32 Å². The van der Waals surface area contributed by atoms with E-state index < -0.39 is 11.7 Å². The molecule has 4 heteroatoms. The highest BCUT2D eigenvalue weighted by molar-refractivity contribution is 5.94. The lowest BCUT2D eigenvalue weighted by Gasteiger charge is -2.13. The van der Waals surface area contributed by atoms with E-state index in [4.69, 9.17) is 5.11 Å². The number of nitrogens with one attached hydrogen (secondary N) is 1. The lowest BCUT2D eigenvalue weighted by molar-refractivity contribution is 0.0932. The molecular formula is C15H16FNO2. The number of halogens is 1. The van der Waals surface area contributed by atoms with Crippen LogP contribution in [-0.2, 0) is 0 Å². The van der Waals surface area contributed by atoms with Gasteiger partial charge in [0.2, 0.25) is 0 Å². The summed E-state index contributed by atoms with van der Waals surface area (Å²) in [4.78, 5) is 11.9. The molecule has 19 heavy (non-hydrogen) atoms. The van der Waals surface area contributed by atoms with E-state index in [1.165, 1.54) is 12.1 Å². The average Bonchev–Trinajstić information content (AvgIpc) is 3.20. The largest absolute Gasteiger partial charge is 0.384 e. The minimum Gasteiger partial charge on any atom is -0.384 e. The maximum atomic E-state index is 13.8. The van der Waals surface area contributed by atoms with Gasteiger partial charge in [-0.05, 0) is 43.9 Å². The summed E-state index contributed by atoms with van der Waals surface area (Å²) in [5.41, 5.74) is 0.473. The molecule has 100 valence electrons. The molecule has 2 rings (SSSR count). The average molecular weight is 261 g/mol. The van der Waals surface area contributed by atoms with Crippen molar-refractivity contribution in [3.8, 4) is 11.8 Å². The van der Waals surface area contributed by atoms with Crippen molar-refractivity contribution in [3.05, 3.63) is 35.1 Å². The third-order valence-electron chi connectivity index (χ3n) is 3.21. The Morgan fingerprint density at radius 1 is 1.58 bits per heavy atom. The molecule has 2 N–H and O–H groups in total. The van der Waals surface area contributed by atoms with Crippen LogP contribution in [0.4, 0.5) is 4.39 Å². The van der Waals surface area contributed by atoms with Gasteiger partial charge in [-0.25, -0.2) is 4.39 Å². The first-order valence-corrected chi connectivity index (χ1v) is 6.32. The zero-order valence-electron chi connectivity index (χ0n) is 10.7. The summed E-state index contributed by atoms with van der Waals surface area (Å²) in [6.07, 6.45) is 2.25. The quantitative estimate of drug-likeness (QED) is 0.814. The molecule has 1 amide bonds. The van der Waals surface area contributed by atoms with E-state index in [2.05, 4.69) is 17.2 Å². The second-order valence-electron chi connectivity index (χ2n) is 4.75. The first kappa shape index (κ1) is 13.6. The van der Waals surface area contributed by atoms with Crippen LogP contribution in [0.3, 0.4) is 0 Å². The molecule has 0 spiro atoms. The molecule has 0 heterocycles. The van der Waals surface area contributed by atoms with Crippen molar-refractivity contribution >= 4 is 5.91 Å². The van der Waals surface area contributed by atoms with E-state index in [1.54, 1.807) is 6.07 Å². The lowest BCUT2D eigenvalue weighted by atomic mass is 10.1. The summed E-state index contributed by atoms with van der Waals surface area (Å²) in [5.74, 6) is 4.58. The lowest BCUT2D eigenvalue weighted by Crippen LogP contribution is -2.34. The molecular weight excluding hydrogens is 245 g/mol. The molecule has 1 atom stereocenters. The Morgan fingerprint density at radius 3 is 2.89 bits per heavy atom. The van der Waals surface area contributed by atoms with E-state index in [0.717, 1.165) is 12.8 Å². The maximum Gasteiger partial charge on any atom is 0.254 e. The van der Waals surface area contributed by atoms with Crippen molar-refractivity contribution in [1.82, 2.24) is 5.32 Å². The van der Waals surface area contributed by atoms with E-state index in [-0.39, 0.29) is 18.2 Å². The van der Waals surface area contributed by atoms with Crippen molar-refractivity contribution in [3.63, 3.8) is 0 Å². The molecule has 1 aliphatic carbocycles. The van der Waals surface area contributed by atoms with Crippen LogP contribution in [0.25, 0.3) is 0 Å². The minimum absolute atomic E-state index is 0.0297. The molecule has 0 aliphatic heterocycles. The summed E-state index contributed by atoms with van der Waals surface area (Å²) in [6, 6.07) is 4.29. The number of rotatable bonds is 3. The summed E-state index contributed by atoms with van der Waals surface area (Å²) in [6.45, 7) is 1.66. The van der Waals surface area contributed by atoms with Crippen LogP contribution >= 0.6 is 0 Å². The van der Waals surface area contributed by atoms with E-state index in [1.807, 2.05) is 6.92 Å². The number of aliphatic hydroxyl groups is 1. The Morgan fingerprint density at radius 2 is 2.32 bits per heavy atom. The second-order valence-corrected chi connectivity index (χ2v) is 4.75. The van der Waals surface area contributed by atoms with Gasteiger partial charge in [-0.3, -0.25) is 4.79 Å². The molecule has 1 fully saturated rings. The Labute approximate surface area is 111 Å². The van der Waals surface area contributed by atoms with E-state index in [9.17, 15) is 9.18 Å². The molecule has 0 saturated heterocycles. The third kappa shape index (κ3) is 3.55. The van der Waals surface area contributed by atoms with Gasteiger partial charge in [0, 0.05) is 11.6 Å². The van der Waals surface area contributed by atoms with Gasteiger partial charge in [0.1, 0.15) is 12.4 Å². The van der Waals surface area contributed by atoms with Crippen molar-refractivity contribution < 1.29 is 14.3 Å². The number of carbonyl (C=O) groups is 1. The zero-order chi connectivity index (χ0) is 13.8. The van der Waals surface area contributed by atoms with Gasteiger partial charge >= 0.3 is 0 Å². The smallest absolute Gasteiger partial charge is 0.254 e. The first-order chi connectivity index (χ1) is 9.11. The number of carbonyl (C=O) groups excluding carboxylic acids is 1. The van der Waals surface area contributed by atoms with Crippen LogP contribution in [0.5, 0.6) is 0 Å². The Balaban J connectivity index is 2.09. The molecule has 0 aromatic heterocycles. The van der Waals surface area contributed by atoms with Crippen molar-refractivity contribution in [2.75, 3.05) is 6.61 Å². The highest BCUT2D eigenvalue weighted by atomic mass is 19.1. The van der Waals surface area contributed by atoms with Crippen LogP contribution in [0.15, 0.2) is 18.2 Å². The fourth-order valence-electron chi connectivity index (χ4n) is 1.92. The van der Waals surface area contributed by atoms with Gasteiger partial charge in [0.05, 0.1) is 5.56 Å². The van der Waals surface area contributed by atoms with Crippen LogP contribution in [0.1, 0.15) is 35.7 Å². The van der Waals surface area contributed by atoms with E-state index >= 15 is 0 Å². The second kappa shape index (κ2) is 5.85. The highest BCUT2D eigenvalue weighted by Crippen LogP contribution is 2.32. The van der Waals surface area contributed by atoms with Crippen LogP contribution in [0, 0.1) is 23.6 Å². The van der Waals surface area contributed by atoms with Gasteiger partial charge in [0.15, 0.2) is 0 Å². The Bertz CT molecular complexity index is 541. The van der Waals surface area contributed by atoms with Crippen LogP contribution in [0.2, 0.25) is 0 Å². The van der Waals surface area contributed by atoms with Gasteiger partial charge in [-0.1, -0.05) is 11.8 Å². The zero-order valence-corrected chi connectivity index (χ0v) is 10.7. The predicted molar refractivity (Wildman–Crippen MR) is 70.0 cm³/mol. The normalized spacial score (nSPS) is 15.3. The number of amides is 1. The maximum absolute atomic E-state index is 13.8. The number of aliphatic hydroxyl groups excluding tert-OH is 1. The monoisotopic (exact) mass is 261 g/mol. The predicted octanol–water partition coefficient (Wildman–Crippen LogP) is 1.70. The molecule has 1 aromatic rings. The topological polar surface area (TPSA) is 49.3 Å². The standard InChI is InChI=1S/C15H16FNO2/c1-10(12-5-6-12)17-15(19)13-7-4-11(3-2-8-18)9-14(13)16/h4,7,9-10,12,18H,5-6,8H2,1H3,(H,17,19). The molecule has 0 radical (unpaired) electrons. The third-order valence-corrected chi connectivity index (χ3v) is 3.21. The first-order valence-electron chi connectivity index (χ1n) is 6.32. The van der Waals surface area contributed by atoms with Crippen molar-refractivity contribution in [2.45, 2.75) is 25.8 Å². The summed E-state index contributed by atoms with van der Waals surface area (Å²) < 4.78 is 13.8. The highest BCUT2D eigenvalue weighted by Gasteiger charge is 2.29. The van der Waals surface area contributed by atoms with Crippen molar-refractivity contribution in [2.24, 2.45) is 5.92 Å². The SMILES string of the molecule is CC(NC(=O)c1ccc(C#CCO)cc1F)C1CC1. The minimum atomic E-state index is -0.592. The molecule has 1 aromatic carbocycles. The molecule has 1 saturated carbocycles. The fourth-order valence-corrected chi connectivity index (χ4v) is 1.92. The number of benzene rings is 1. The number of hydrogen-bond donors (Lipinski definition) is 2. The van der Waals surface area contributed by atoms with Gasteiger partial charge in [-0.15, -0.1) is 0 Å². The Hall–Kier alpha value is -1.86.